The fraction of sp³-hybridized carbons (Fsp3) is 0.222. The lowest BCUT2D eigenvalue weighted by molar-refractivity contribution is -0.119. The molecule has 1 rings (SSSR count). The number of aromatic hydroxyl groups is 1. The summed E-state index contributed by atoms with van der Waals surface area (Å²) in [7, 11) is 0. The van der Waals surface area contributed by atoms with Crippen molar-refractivity contribution in [1.29, 1.82) is 0 Å². The molecule has 0 saturated carbocycles. The molecule has 4 nitrogen and oxygen atoms in total. The number of nitrogens with one attached hydrogen (secondary N) is 1. The molecule has 0 aliphatic heterocycles. The van der Waals surface area contributed by atoms with Crippen LogP contribution in [0.3, 0.4) is 0 Å². The van der Waals surface area contributed by atoms with Crippen molar-refractivity contribution in [2.45, 2.75) is 13.0 Å². The standard InChI is InChI=1S/C9H12N2O2/c1-6(12)9(11-10)7-2-4-8(13)5-3-7/h2-5,9,11,13H,10H2,1H3. The van der Waals surface area contributed by atoms with E-state index in [-0.39, 0.29) is 11.5 Å². The summed E-state index contributed by atoms with van der Waals surface area (Å²) in [5, 5.41) is 9.01. The second-order valence-corrected chi connectivity index (χ2v) is 2.80. The molecule has 4 N–H and O–H groups in total. The van der Waals surface area contributed by atoms with Crippen molar-refractivity contribution in [2.24, 2.45) is 5.84 Å². The molecule has 0 aliphatic rings. The van der Waals surface area contributed by atoms with Crippen LogP contribution in [0, 0.1) is 0 Å². The maximum atomic E-state index is 11.1. The predicted molar refractivity (Wildman–Crippen MR) is 48.9 cm³/mol. The van der Waals surface area contributed by atoms with Crippen LogP contribution in [0.1, 0.15) is 18.5 Å². The monoisotopic (exact) mass is 180 g/mol. The van der Waals surface area contributed by atoms with Crippen LogP contribution in [0.4, 0.5) is 0 Å². The third kappa shape index (κ3) is 2.27. The Hall–Kier alpha value is -1.39. The number of nitrogens with two attached hydrogens (primary N) is 1. The summed E-state index contributed by atoms with van der Waals surface area (Å²) in [5.41, 5.74) is 3.15. The van der Waals surface area contributed by atoms with E-state index in [0.29, 0.717) is 0 Å². The molecule has 0 aromatic heterocycles. The lowest BCUT2D eigenvalue weighted by atomic mass is 10.0. The Morgan fingerprint density at radius 1 is 1.46 bits per heavy atom. The first-order valence-electron chi connectivity index (χ1n) is 3.90. The second-order valence-electron chi connectivity index (χ2n) is 2.80. The largest absolute Gasteiger partial charge is 0.508 e. The first kappa shape index (κ1) is 9.70. The Bertz CT molecular complexity index is 295. The number of benzene rings is 1. The highest BCUT2D eigenvalue weighted by molar-refractivity contribution is 5.82. The maximum absolute atomic E-state index is 11.1. The molecule has 1 aromatic rings. The van der Waals surface area contributed by atoms with E-state index in [1.54, 1.807) is 12.1 Å². The SMILES string of the molecule is CC(=O)C(NN)c1ccc(O)cc1. The molecular weight excluding hydrogens is 168 g/mol. The molecule has 0 heterocycles. The minimum atomic E-state index is -0.499. The smallest absolute Gasteiger partial charge is 0.152 e. The van der Waals surface area contributed by atoms with Gasteiger partial charge in [-0.1, -0.05) is 12.1 Å². The van der Waals surface area contributed by atoms with Gasteiger partial charge in [0.25, 0.3) is 0 Å². The first-order valence-corrected chi connectivity index (χ1v) is 3.90. The van der Waals surface area contributed by atoms with Gasteiger partial charge in [-0.05, 0) is 24.6 Å². The molecule has 0 amide bonds. The number of ketones is 1. The zero-order valence-electron chi connectivity index (χ0n) is 7.32. The van der Waals surface area contributed by atoms with E-state index in [0.717, 1.165) is 5.56 Å². The Morgan fingerprint density at radius 3 is 2.38 bits per heavy atom. The minimum Gasteiger partial charge on any atom is -0.508 e. The number of rotatable bonds is 3. The molecule has 70 valence electrons. The third-order valence-corrected chi connectivity index (χ3v) is 1.80. The summed E-state index contributed by atoms with van der Waals surface area (Å²) >= 11 is 0. The average molecular weight is 180 g/mol. The van der Waals surface area contributed by atoms with Crippen molar-refractivity contribution in [3.63, 3.8) is 0 Å². The Labute approximate surface area is 76.3 Å². The summed E-state index contributed by atoms with van der Waals surface area (Å²) < 4.78 is 0. The highest BCUT2D eigenvalue weighted by Gasteiger charge is 2.13. The predicted octanol–water partition coefficient (Wildman–Crippen LogP) is 0.486. The van der Waals surface area contributed by atoms with Crippen LogP contribution < -0.4 is 11.3 Å². The first-order chi connectivity index (χ1) is 6.15. The van der Waals surface area contributed by atoms with E-state index in [9.17, 15) is 4.79 Å². The van der Waals surface area contributed by atoms with Gasteiger partial charge in [-0.25, -0.2) is 5.43 Å². The van der Waals surface area contributed by atoms with Crippen LogP contribution >= 0.6 is 0 Å². The normalized spacial score (nSPS) is 12.5. The molecule has 13 heavy (non-hydrogen) atoms. The molecule has 0 aliphatic carbocycles. The van der Waals surface area contributed by atoms with Gasteiger partial charge in [0.2, 0.25) is 0 Å². The van der Waals surface area contributed by atoms with Gasteiger partial charge in [0.05, 0.1) is 0 Å². The van der Waals surface area contributed by atoms with Gasteiger partial charge in [0, 0.05) is 0 Å². The van der Waals surface area contributed by atoms with Crippen LogP contribution in [0.5, 0.6) is 5.75 Å². The highest BCUT2D eigenvalue weighted by atomic mass is 16.3. The topological polar surface area (TPSA) is 75.4 Å². The number of phenols is 1. The van der Waals surface area contributed by atoms with Gasteiger partial charge in [-0.2, -0.15) is 0 Å². The van der Waals surface area contributed by atoms with Crippen molar-refractivity contribution in [3.05, 3.63) is 29.8 Å². The molecule has 0 radical (unpaired) electrons. The van der Waals surface area contributed by atoms with E-state index < -0.39 is 6.04 Å². The fourth-order valence-corrected chi connectivity index (χ4v) is 1.12. The average Bonchev–Trinajstić information content (AvgIpc) is 2.09. The third-order valence-electron chi connectivity index (χ3n) is 1.80. The summed E-state index contributed by atoms with van der Waals surface area (Å²) in [5.74, 6) is 5.32. The summed E-state index contributed by atoms with van der Waals surface area (Å²) in [6.07, 6.45) is 0. The molecule has 0 saturated heterocycles. The number of carbonyl (C=O) groups excluding carboxylic acids is 1. The second kappa shape index (κ2) is 4.02. The van der Waals surface area contributed by atoms with Crippen LogP contribution in [0.2, 0.25) is 0 Å². The van der Waals surface area contributed by atoms with Crippen molar-refractivity contribution in [1.82, 2.24) is 5.43 Å². The summed E-state index contributed by atoms with van der Waals surface area (Å²) in [4.78, 5) is 11.1. The van der Waals surface area contributed by atoms with E-state index in [1.165, 1.54) is 19.1 Å². The molecular formula is C9H12N2O2. The number of hydrogen-bond acceptors (Lipinski definition) is 4. The number of hydrogen-bond donors (Lipinski definition) is 3. The van der Waals surface area contributed by atoms with E-state index in [2.05, 4.69) is 5.43 Å². The zero-order chi connectivity index (χ0) is 9.84. The van der Waals surface area contributed by atoms with Crippen molar-refractivity contribution < 1.29 is 9.90 Å². The molecule has 1 aromatic carbocycles. The quantitative estimate of drug-likeness (QED) is 0.467. The molecule has 0 spiro atoms. The minimum absolute atomic E-state index is 0.0619. The molecule has 1 unspecified atom stereocenters. The lowest BCUT2D eigenvalue weighted by Crippen LogP contribution is -2.32. The Balaban J connectivity index is 2.92. The Kier molecular flexibility index (Phi) is 3.00. The van der Waals surface area contributed by atoms with Crippen LogP contribution in [-0.4, -0.2) is 10.9 Å². The lowest BCUT2D eigenvalue weighted by Gasteiger charge is -2.12. The van der Waals surface area contributed by atoms with Gasteiger partial charge in [-0.3, -0.25) is 10.6 Å². The van der Waals surface area contributed by atoms with Gasteiger partial charge in [0.1, 0.15) is 11.8 Å². The summed E-state index contributed by atoms with van der Waals surface area (Å²) in [6.45, 7) is 1.46. The summed E-state index contributed by atoms with van der Waals surface area (Å²) in [6, 6.07) is 5.84. The van der Waals surface area contributed by atoms with Crippen LogP contribution in [0.15, 0.2) is 24.3 Å². The van der Waals surface area contributed by atoms with E-state index in [4.69, 9.17) is 10.9 Å². The van der Waals surface area contributed by atoms with Crippen LogP contribution in [-0.2, 0) is 4.79 Å². The van der Waals surface area contributed by atoms with E-state index >= 15 is 0 Å². The number of carbonyl (C=O) groups is 1. The molecule has 1 atom stereocenters. The van der Waals surface area contributed by atoms with Crippen molar-refractivity contribution in [3.8, 4) is 5.75 Å². The van der Waals surface area contributed by atoms with Gasteiger partial charge >= 0.3 is 0 Å². The van der Waals surface area contributed by atoms with Crippen molar-refractivity contribution >= 4 is 5.78 Å². The zero-order valence-corrected chi connectivity index (χ0v) is 7.32. The van der Waals surface area contributed by atoms with Crippen LogP contribution in [0.25, 0.3) is 0 Å². The number of hydrazine groups is 1. The highest BCUT2D eigenvalue weighted by Crippen LogP contribution is 2.16. The molecule has 0 fully saturated rings. The Morgan fingerprint density at radius 2 is 2.00 bits per heavy atom. The maximum Gasteiger partial charge on any atom is 0.152 e. The number of phenolic OH excluding ortho intramolecular Hbond substituents is 1. The van der Waals surface area contributed by atoms with Crippen molar-refractivity contribution in [2.75, 3.05) is 0 Å². The molecule has 4 heteroatoms. The van der Waals surface area contributed by atoms with Gasteiger partial charge in [0.15, 0.2) is 5.78 Å². The number of Topliss-reactive ketones (excluding diaryl/α,β-unsaturated/α-hetero) is 1. The fourth-order valence-electron chi connectivity index (χ4n) is 1.12. The van der Waals surface area contributed by atoms with Gasteiger partial charge < -0.3 is 5.11 Å². The molecule has 0 bridgehead atoms. The van der Waals surface area contributed by atoms with Gasteiger partial charge in [-0.15, -0.1) is 0 Å². The van der Waals surface area contributed by atoms with E-state index in [1.807, 2.05) is 0 Å².